The molecule has 0 aliphatic rings. The van der Waals surface area contributed by atoms with E-state index < -0.39 is 10.1 Å². The first-order valence-corrected chi connectivity index (χ1v) is 12.5. The van der Waals surface area contributed by atoms with Gasteiger partial charge >= 0.3 is 0 Å². The summed E-state index contributed by atoms with van der Waals surface area (Å²) >= 11 is 0. The average Bonchev–Trinajstić information content (AvgIpc) is 2.76. The van der Waals surface area contributed by atoms with Crippen molar-refractivity contribution < 1.29 is 17.7 Å². The molecule has 3 rings (SSSR count). The average molecular weight is 454 g/mol. The van der Waals surface area contributed by atoms with Gasteiger partial charge in [0.1, 0.15) is 15.9 Å². The molecule has 0 N–H and O–H groups in total. The lowest BCUT2D eigenvalue weighted by Crippen LogP contribution is -1.97. The lowest BCUT2D eigenvalue weighted by Gasteiger charge is -2.07. The minimum atomic E-state index is -4.27. The van der Waals surface area contributed by atoms with Crippen molar-refractivity contribution in [3.63, 3.8) is 0 Å². The molecule has 0 heterocycles. The van der Waals surface area contributed by atoms with Crippen molar-refractivity contribution in [1.29, 1.82) is 0 Å². The van der Waals surface area contributed by atoms with Crippen LogP contribution in [-0.4, -0.2) is 19.6 Å². The molecule has 0 aliphatic heterocycles. The Bertz CT molecular complexity index is 1020. The topological polar surface area (TPSA) is 66.4 Å². The predicted octanol–water partition coefficient (Wildman–Crippen LogP) is 6.44. The molecular formula is C27H33O4S-. The fraction of sp³-hybridized carbons (Fsp3) is 0.333. The number of unbranched alkanes of at least 4 members (excludes halogenated alkanes) is 3. The molecule has 0 aromatic heterocycles. The van der Waals surface area contributed by atoms with Crippen molar-refractivity contribution in [2.75, 3.05) is 6.61 Å². The maximum atomic E-state index is 10.4. The normalized spacial score (nSPS) is 10.9. The van der Waals surface area contributed by atoms with E-state index in [1.165, 1.54) is 48.1 Å². The smallest absolute Gasteiger partial charge is 0.124 e. The summed E-state index contributed by atoms with van der Waals surface area (Å²) in [5, 5.41) is 0. The van der Waals surface area contributed by atoms with Crippen molar-refractivity contribution in [1.82, 2.24) is 0 Å². The molecule has 0 atom stereocenters. The first-order valence-electron chi connectivity index (χ1n) is 11.1. The number of hydrogen-bond donors (Lipinski definition) is 0. The molecule has 172 valence electrons. The van der Waals surface area contributed by atoms with E-state index >= 15 is 0 Å². The standard InChI is InChI=1S/C20H26O.C7H8O3S/c1-3-4-5-6-15-21-20-13-11-19(12-14-20)16-18-9-7-17(2)8-10-18;1-6-2-4-7(5-3-6)11(8,9)10/h7-14H,3-6,15-16H2,1-2H3;2-5H,1H3,(H,8,9,10)/p-1. The SMILES string of the molecule is CCCCCCOc1ccc(Cc2ccc(C)cc2)cc1.Cc1ccc(S(=O)(=O)[O-])cc1. The quantitative estimate of drug-likeness (QED) is 0.276. The molecule has 0 aliphatic carbocycles. The number of hydrogen-bond acceptors (Lipinski definition) is 4. The van der Waals surface area contributed by atoms with Gasteiger partial charge < -0.3 is 9.29 Å². The summed E-state index contributed by atoms with van der Waals surface area (Å²) in [5.41, 5.74) is 4.92. The summed E-state index contributed by atoms with van der Waals surface area (Å²) in [5.74, 6) is 0.985. The van der Waals surface area contributed by atoms with Crippen molar-refractivity contribution in [3.05, 3.63) is 95.1 Å². The van der Waals surface area contributed by atoms with Crippen LogP contribution >= 0.6 is 0 Å². The maximum absolute atomic E-state index is 10.4. The van der Waals surface area contributed by atoms with Gasteiger partial charge in [0.2, 0.25) is 0 Å². The molecular weight excluding hydrogens is 420 g/mol. The van der Waals surface area contributed by atoms with Crippen molar-refractivity contribution in [2.45, 2.75) is 57.8 Å². The van der Waals surface area contributed by atoms with E-state index in [0.29, 0.717) is 0 Å². The Morgan fingerprint density at radius 1 is 0.719 bits per heavy atom. The fourth-order valence-corrected chi connectivity index (χ4v) is 3.54. The highest BCUT2D eigenvalue weighted by atomic mass is 32.2. The molecule has 4 nitrogen and oxygen atoms in total. The lowest BCUT2D eigenvalue weighted by atomic mass is 10.0. The molecule has 3 aromatic rings. The third-order valence-corrected chi connectivity index (χ3v) is 5.88. The van der Waals surface area contributed by atoms with Gasteiger partial charge in [-0.3, -0.25) is 0 Å². The van der Waals surface area contributed by atoms with Crippen LogP contribution in [0.25, 0.3) is 0 Å². The Balaban J connectivity index is 0.000000278. The van der Waals surface area contributed by atoms with Crippen LogP contribution in [0, 0.1) is 13.8 Å². The summed E-state index contributed by atoms with van der Waals surface area (Å²) in [4.78, 5) is -0.178. The van der Waals surface area contributed by atoms with Gasteiger partial charge in [-0.25, -0.2) is 8.42 Å². The highest BCUT2D eigenvalue weighted by Gasteiger charge is 1.99. The Morgan fingerprint density at radius 3 is 1.72 bits per heavy atom. The molecule has 0 amide bonds. The van der Waals surface area contributed by atoms with E-state index in [1.54, 1.807) is 12.1 Å². The molecule has 0 saturated heterocycles. The van der Waals surface area contributed by atoms with Gasteiger partial charge in [0.05, 0.1) is 11.5 Å². The fourth-order valence-electron chi connectivity index (χ4n) is 3.07. The van der Waals surface area contributed by atoms with Crippen LogP contribution < -0.4 is 4.74 Å². The van der Waals surface area contributed by atoms with Crippen LogP contribution in [0.3, 0.4) is 0 Å². The van der Waals surface area contributed by atoms with Gasteiger partial charge in [0, 0.05) is 0 Å². The highest BCUT2D eigenvalue weighted by Crippen LogP contribution is 2.16. The molecule has 0 spiro atoms. The van der Waals surface area contributed by atoms with Crippen LogP contribution in [0.4, 0.5) is 0 Å². The summed E-state index contributed by atoms with van der Waals surface area (Å²) in [6.07, 6.45) is 5.98. The number of benzene rings is 3. The van der Waals surface area contributed by atoms with Gasteiger partial charge in [0.25, 0.3) is 0 Å². The zero-order valence-corrected chi connectivity index (χ0v) is 20.0. The molecule has 0 bridgehead atoms. The summed E-state index contributed by atoms with van der Waals surface area (Å²) in [7, 11) is -4.27. The molecule has 5 heteroatoms. The molecule has 0 radical (unpaired) electrons. The molecule has 3 aromatic carbocycles. The first-order chi connectivity index (χ1) is 15.3. The van der Waals surface area contributed by atoms with E-state index in [2.05, 4.69) is 62.4 Å². The van der Waals surface area contributed by atoms with Crippen molar-refractivity contribution in [2.24, 2.45) is 0 Å². The van der Waals surface area contributed by atoms with E-state index in [4.69, 9.17) is 4.74 Å². The van der Waals surface area contributed by atoms with Crippen molar-refractivity contribution in [3.8, 4) is 5.75 Å². The lowest BCUT2D eigenvalue weighted by molar-refractivity contribution is 0.305. The van der Waals surface area contributed by atoms with E-state index in [0.717, 1.165) is 30.8 Å². The second kappa shape index (κ2) is 13.0. The van der Waals surface area contributed by atoms with Crippen molar-refractivity contribution >= 4 is 10.1 Å². The van der Waals surface area contributed by atoms with Crippen LogP contribution in [0.15, 0.2) is 77.7 Å². The first kappa shape index (κ1) is 25.6. The highest BCUT2D eigenvalue weighted by molar-refractivity contribution is 7.85. The predicted molar refractivity (Wildman–Crippen MR) is 129 cm³/mol. The summed E-state index contributed by atoms with van der Waals surface area (Å²) in [6.45, 7) is 7.00. The van der Waals surface area contributed by atoms with Gasteiger partial charge in [-0.15, -0.1) is 0 Å². The zero-order chi connectivity index (χ0) is 23.4. The third kappa shape index (κ3) is 9.67. The minimum Gasteiger partial charge on any atom is -0.744 e. The van der Waals surface area contributed by atoms with Gasteiger partial charge in [-0.2, -0.15) is 0 Å². The number of ether oxygens (including phenoxy) is 1. The Hall–Kier alpha value is -2.63. The van der Waals surface area contributed by atoms with Crippen LogP contribution in [0.2, 0.25) is 0 Å². The van der Waals surface area contributed by atoms with E-state index in [1.807, 2.05) is 6.92 Å². The third-order valence-electron chi connectivity index (χ3n) is 5.03. The second-order valence-corrected chi connectivity index (χ2v) is 9.36. The summed E-state index contributed by atoms with van der Waals surface area (Å²) < 4.78 is 36.9. The Morgan fingerprint density at radius 2 is 1.22 bits per heavy atom. The van der Waals surface area contributed by atoms with Gasteiger partial charge in [-0.05, 0) is 62.1 Å². The number of aryl methyl sites for hydroxylation is 2. The second-order valence-electron chi connectivity index (χ2n) is 7.98. The molecule has 0 fully saturated rings. The Kier molecular flexibility index (Phi) is 10.4. The molecule has 32 heavy (non-hydrogen) atoms. The molecule has 0 unspecified atom stereocenters. The molecule has 0 saturated carbocycles. The summed E-state index contributed by atoms with van der Waals surface area (Å²) in [6, 6.07) is 23.0. The van der Waals surface area contributed by atoms with E-state index in [-0.39, 0.29) is 4.90 Å². The minimum absolute atomic E-state index is 0.178. The van der Waals surface area contributed by atoms with Crippen LogP contribution in [0.1, 0.15) is 54.9 Å². The zero-order valence-electron chi connectivity index (χ0n) is 19.2. The Labute approximate surface area is 193 Å². The number of rotatable bonds is 9. The van der Waals surface area contributed by atoms with E-state index in [9.17, 15) is 13.0 Å². The van der Waals surface area contributed by atoms with Gasteiger partial charge in [-0.1, -0.05) is 85.8 Å². The monoisotopic (exact) mass is 453 g/mol. The van der Waals surface area contributed by atoms with Crippen LogP contribution in [-0.2, 0) is 16.5 Å². The van der Waals surface area contributed by atoms with Crippen LogP contribution in [0.5, 0.6) is 5.75 Å². The maximum Gasteiger partial charge on any atom is 0.124 e. The van der Waals surface area contributed by atoms with Gasteiger partial charge in [0.15, 0.2) is 0 Å². The largest absolute Gasteiger partial charge is 0.744 e.